The Labute approximate surface area is 202 Å². The maximum atomic E-state index is 13.2. The second-order valence-electron chi connectivity index (χ2n) is 7.22. The van der Waals surface area contributed by atoms with Gasteiger partial charge in [-0.15, -0.1) is 0 Å². The van der Waals surface area contributed by atoms with Crippen molar-refractivity contribution < 1.29 is 33.3 Å². The molecule has 35 heavy (non-hydrogen) atoms. The number of ether oxygens (including phenoxy) is 5. The first-order valence-corrected chi connectivity index (χ1v) is 10.3. The molecule has 2 aromatic rings. The average molecular weight is 479 g/mol. The summed E-state index contributed by atoms with van der Waals surface area (Å²) in [4.78, 5) is 27.6. The van der Waals surface area contributed by atoms with Gasteiger partial charge in [0.1, 0.15) is 11.5 Å². The lowest BCUT2D eigenvalue weighted by molar-refractivity contribution is -0.139. The van der Waals surface area contributed by atoms with Crippen LogP contribution in [0.1, 0.15) is 11.5 Å². The van der Waals surface area contributed by atoms with Crippen LogP contribution in [0.3, 0.4) is 0 Å². The quantitative estimate of drug-likeness (QED) is 0.591. The minimum Gasteiger partial charge on any atom is -0.493 e. The summed E-state index contributed by atoms with van der Waals surface area (Å²) in [6.07, 6.45) is 0. The Bertz CT molecular complexity index is 1220. The second kappa shape index (κ2) is 10.5. The standard InChI is InChI=1S/C25H25N3O7/c1-31-17-11-14(12-18(32-2)22(17)33-3)19-16(13-26)23(27)28(15-9-7-6-8-10-15)21(25(30)35-5)20(19)24(29)34-4/h6-12,19H,27H2,1-5H3/t19-/m0/s1. The zero-order valence-electron chi connectivity index (χ0n) is 19.9. The highest BCUT2D eigenvalue weighted by molar-refractivity contribution is 6.06. The summed E-state index contributed by atoms with van der Waals surface area (Å²) in [6.45, 7) is 0. The fourth-order valence-corrected chi connectivity index (χ4v) is 3.98. The van der Waals surface area contributed by atoms with Crippen LogP contribution in [0.25, 0.3) is 0 Å². The van der Waals surface area contributed by atoms with Crippen molar-refractivity contribution in [2.75, 3.05) is 40.4 Å². The van der Waals surface area contributed by atoms with Gasteiger partial charge in [0, 0.05) is 5.69 Å². The summed E-state index contributed by atoms with van der Waals surface area (Å²) in [7, 11) is 6.68. The van der Waals surface area contributed by atoms with E-state index < -0.39 is 17.9 Å². The fourth-order valence-electron chi connectivity index (χ4n) is 3.98. The molecule has 0 spiro atoms. The van der Waals surface area contributed by atoms with Crippen molar-refractivity contribution in [3.05, 3.63) is 70.7 Å². The van der Waals surface area contributed by atoms with Gasteiger partial charge in [-0.2, -0.15) is 5.26 Å². The fraction of sp³-hybridized carbons (Fsp3) is 0.240. The van der Waals surface area contributed by atoms with Gasteiger partial charge in [-0.05, 0) is 29.8 Å². The van der Waals surface area contributed by atoms with Crippen LogP contribution in [0.2, 0.25) is 0 Å². The molecule has 1 atom stereocenters. The molecule has 0 bridgehead atoms. The van der Waals surface area contributed by atoms with E-state index in [0.717, 1.165) is 0 Å². The van der Waals surface area contributed by atoms with E-state index in [1.165, 1.54) is 40.4 Å². The van der Waals surface area contributed by atoms with Crippen LogP contribution in [-0.4, -0.2) is 47.5 Å². The first kappa shape index (κ1) is 25.0. The van der Waals surface area contributed by atoms with E-state index in [2.05, 4.69) is 6.07 Å². The summed E-state index contributed by atoms with van der Waals surface area (Å²) in [5.41, 5.74) is 7.00. The zero-order valence-corrected chi connectivity index (χ0v) is 19.9. The number of esters is 2. The molecule has 3 rings (SSSR count). The molecule has 1 aliphatic rings. The highest BCUT2D eigenvalue weighted by Crippen LogP contribution is 2.47. The topological polar surface area (TPSA) is 133 Å². The lowest BCUT2D eigenvalue weighted by atomic mass is 9.80. The maximum Gasteiger partial charge on any atom is 0.355 e. The van der Waals surface area contributed by atoms with E-state index in [9.17, 15) is 14.9 Å². The van der Waals surface area contributed by atoms with Crippen LogP contribution in [0.4, 0.5) is 5.69 Å². The van der Waals surface area contributed by atoms with Gasteiger partial charge >= 0.3 is 11.9 Å². The summed E-state index contributed by atoms with van der Waals surface area (Å²) in [5.74, 6) is -1.95. The van der Waals surface area contributed by atoms with E-state index in [1.807, 2.05) is 0 Å². The van der Waals surface area contributed by atoms with Gasteiger partial charge in [0.15, 0.2) is 11.5 Å². The highest BCUT2D eigenvalue weighted by atomic mass is 16.5. The lowest BCUT2D eigenvalue weighted by Gasteiger charge is -2.36. The first-order valence-electron chi connectivity index (χ1n) is 10.3. The SMILES string of the molecule is COC(=O)C1=C(C(=O)OC)N(c2ccccc2)C(N)=C(C#N)[C@@H]1c1cc(OC)c(OC)c(OC)c1. The van der Waals surface area contributed by atoms with E-state index in [4.69, 9.17) is 29.4 Å². The van der Waals surface area contributed by atoms with Gasteiger partial charge < -0.3 is 29.4 Å². The first-order chi connectivity index (χ1) is 16.9. The van der Waals surface area contributed by atoms with Crippen LogP contribution >= 0.6 is 0 Å². The van der Waals surface area contributed by atoms with Crippen molar-refractivity contribution >= 4 is 17.6 Å². The predicted octanol–water partition coefficient (Wildman–Crippen LogP) is 2.61. The molecule has 1 heterocycles. The monoisotopic (exact) mass is 479 g/mol. The summed E-state index contributed by atoms with van der Waals surface area (Å²) >= 11 is 0. The number of nitrogens with zero attached hydrogens (tertiary/aromatic N) is 2. The predicted molar refractivity (Wildman–Crippen MR) is 126 cm³/mol. The second-order valence-corrected chi connectivity index (χ2v) is 7.22. The van der Waals surface area contributed by atoms with Crippen molar-refractivity contribution in [1.29, 1.82) is 5.26 Å². The summed E-state index contributed by atoms with van der Waals surface area (Å²) < 4.78 is 26.3. The average Bonchev–Trinajstić information content (AvgIpc) is 2.90. The Hall–Kier alpha value is -4.65. The molecule has 10 heteroatoms. The number of allylic oxidation sites excluding steroid dienone is 1. The van der Waals surface area contributed by atoms with Crippen LogP contribution < -0.4 is 24.8 Å². The number of anilines is 1. The zero-order chi connectivity index (χ0) is 25.7. The molecule has 0 aromatic heterocycles. The lowest BCUT2D eigenvalue weighted by Crippen LogP contribution is -2.40. The number of para-hydroxylation sites is 1. The Balaban J connectivity index is 2.45. The molecule has 182 valence electrons. The van der Waals surface area contributed by atoms with Crippen molar-refractivity contribution in [2.24, 2.45) is 5.73 Å². The third-order valence-electron chi connectivity index (χ3n) is 5.51. The molecule has 0 aliphatic carbocycles. The molecule has 2 N–H and O–H groups in total. The number of methoxy groups -OCH3 is 5. The highest BCUT2D eigenvalue weighted by Gasteiger charge is 2.43. The van der Waals surface area contributed by atoms with Gasteiger partial charge in [0.05, 0.1) is 58.7 Å². The molecule has 2 aromatic carbocycles. The van der Waals surface area contributed by atoms with Gasteiger partial charge in [-0.1, -0.05) is 18.2 Å². The maximum absolute atomic E-state index is 13.2. The Kier molecular flexibility index (Phi) is 7.51. The van der Waals surface area contributed by atoms with Gasteiger partial charge in [-0.25, -0.2) is 9.59 Å². The molecular weight excluding hydrogens is 454 g/mol. The van der Waals surface area contributed by atoms with Crippen molar-refractivity contribution in [3.63, 3.8) is 0 Å². The molecule has 0 amide bonds. The molecule has 0 fully saturated rings. The van der Waals surface area contributed by atoms with Crippen LogP contribution in [0, 0.1) is 11.3 Å². The van der Waals surface area contributed by atoms with Crippen LogP contribution in [0.5, 0.6) is 17.2 Å². The number of nitriles is 1. The van der Waals surface area contributed by atoms with E-state index in [0.29, 0.717) is 17.0 Å². The number of nitrogens with two attached hydrogens (primary N) is 1. The minimum atomic E-state index is -1.10. The van der Waals surface area contributed by atoms with Gasteiger partial charge in [0.2, 0.25) is 5.75 Å². The van der Waals surface area contributed by atoms with Crippen molar-refractivity contribution in [1.82, 2.24) is 0 Å². The Morgan fingerprint density at radius 3 is 1.94 bits per heavy atom. The minimum absolute atomic E-state index is 0.0104. The summed E-state index contributed by atoms with van der Waals surface area (Å²) in [5, 5.41) is 10.2. The van der Waals surface area contributed by atoms with E-state index >= 15 is 0 Å². The molecule has 10 nitrogen and oxygen atoms in total. The summed E-state index contributed by atoms with van der Waals surface area (Å²) in [6, 6.07) is 13.8. The number of rotatable bonds is 7. The van der Waals surface area contributed by atoms with Crippen LogP contribution in [-0.2, 0) is 19.1 Å². The molecule has 0 unspecified atom stereocenters. The molecule has 0 saturated heterocycles. The Morgan fingerprint density at radius 1 is 0.914 bits per heavy atom. The van der Waals surface area contributed by atoms with Gasteiger partial charge in [-0.3, -0.25) is 4.90 Å². The van der Waals surface area contributed by atoms with Gasteiger partial charge in [0.25, 0.3) is 0 Å². The van der Waals surface area contributed by atoms with Crippen molar-refractivity contribution in [3.8, 4) is 23.3 Å². The number of hydrogen-bond donors (Lipinski definition) is 1. The van der Waals surface area contributed by atoms with Crippen LogP contribution in [0.15, 0.2) is 65.1 Å². The number of benzene rings is 2. The number of carbonyl (C=O) groups excluding carboxylic acids is 2. The van der Waals surface area contributed by atoms with E-state index in [-0.39, 0.29) is 34.2 Å². The smallest absolute Gasteiger partial charge is 0.355 e. The number of carbonyl (C=O) groups is 2. The normalized spacial score (nSPS) is 15.3. The molecule has 0 radical (unpaired) electrons. The third kappa shape index (κ3) is 4.31. The molecule has 0 saturated carbocycles. The third-order valence-corrected chi connectivity index (χ3v) is 5.51. The molecule has 1 aliphatic heterocycles. The van der Waals surface area contributed by atoms with Crippen molar-refractivity contribution in [2.45, 2.75) is 5.92 Å². The van der Waals surface area contributed by atoms with E-state index in [1.54, 1.807) is 42.5 Å². The number of hydrogen-bond acceptors (Lipinski definition) is 10. The molecular formula is C25H25N3O7. The Morgan fingerprint density at radius 2 is 1.49 bits per heavy atom. The largest absolute Gasteiger partial charge is 0.493 e.